The number of aliphatic hydroxyl groups is 1. The number of hydrogen-bond acceptors (Lipinski definition) is 4. The zero-order chi connectivity index (χ0) is 13.0. The fourth-order valence-corrected chi connectivity index (χ4v) is 2.03. The van der Waals surface area contributed by atoms with Gasteiger partial charge in [-0.1, -0.05) is 30.3 Å². The van der Waals surface area contributed by atoms with Gasteiger partial charge in [0, 0.05) is 12.1 Å². The Morgan fingerprint density at radius 1 is 1.44 bits per heavy atom. The standard InChI is InChI=1S/C14H19NO3/c1-18-13(17)12(11-5-3-2-4-6-11)9-15-14(10-16)7-8-14/h2-6,12,15-16H,7-10H2,1H3. The topological polar surface area (TPSA) is 58.6 Å². The summed E-state index contributed by atoms with van der Waals surface area (Å²) in [4.78, 5) is 11.8. The van der Waals surface area contributed by atoms with Crippen LogP contribution in [-0.2, 0) is 9.53 Å². The van der Waals surface area contributed by atoms with Gasteiger partial charge in [-0.2, -0.15) is 0 Å². The van der Waals surface area contributed by atoms with Crippen LogP contribution in [0.5, 0.6) is 0 Å². The molecule has 1 saturated carbocycles. The Morgan fingerprint density at radius 2 is 2.11 bits per heavy atom. The first-order valence-electron chi connectivity index (χ1n) is 6.19. The fourth-order valence-electron chi connectivity index (χ4n) is 2.03. The Bertz CT molecular complexity index is 401. The zero-order valence-electron chi connectivity index (χ0n) is 10.6. The van der Waals surface area contributed by atoms with Crippen molar-refractivity contribution in [2.24, 2.45) is 0 Å². The summed E-state index contributed by atoms with van der Waals surface area (Å²) in [5, 5.41) is 12.5. The molecule has 0 aliphatic heterocycles. The molecule has 0 bridgehead atoms. The highest BCUT2D eigenvalue weighted by Gasteiger charge is 2.42. The van der Waals surface area contributed by atoms with Crippen LogP contribution in [0.25, 0.3) is 0 Å². The van der Waals surface area contributed by atoms with Crippen molar-refractivity contribution in [3.63, 3.8) is 0 Å². The molecule has 98 valence electrons. The van der Waals surface area contributed by atoms with Crippen LogP contribution in [0.1, 0.15) is 24.3 Å². The molecule has 0 radical (unpaired) electrons. The van der Waals surface area contributed by atoms with Gasteiger partial charge < -0.3 is 15.2 Å². The average Bonchev–Trinajstić information content (AvgIpc) is 3.20. The summed E-state index contributed by atoms with van der Waals surface area (Å²) in [5.41, 5.74) is 0.770. The molecule has 1 aliphatic carbocycles. The van der Waals surface area contributed by atoms with Gasteiger partial charge >= 0.3 is 5.97 Å². The van der Waals surface area contributed by atoms with E-state index in [4.69, 9.17) is 4.74 Å². The number of aliphatic hydroxyl groups excluding tert-OH is 1. The molecule has 1 unspecified atom stereocenters. The van der Waals surface area contributed by atoms with Gasteiger partial charge in [0.2, 0.25) is 0 Å². The highest BCUT2D eigenvalue weighted by atomic mass is 16.5. The van der Waals surface area contributed by atoms with Crippen LogP contribution >= 0.6 is 0 Å². The lowest BCUT2D eigenvalue weighted by Gasteiger charge is -2.20. The largest absolute Gasteiger partial charge is 0.469 e. The number of carbonyl (C=O) groups is 1. The third-order valence-corrected chi connectivity index (χ3v) is 3.53. The van der Waals surface area contributed by atoms with E-state index in [0.717, 1.165) is 18.4 Å². The molecular formula is C14H19NO3. The maximum absolute atomic E-state index is 11.8. The SMILES string of the molecule is COC(=O)C(CNC1(CO)CC1)c1ccccc1. The first-order chi connectivity index (χ1) is 8.71. The van der Waals surface area contributed by atoms with E-state index in [-0.39, 0.29) is 24.0 Å². The number of methoxy groups -OCH3 is 1. The van der Waals surface area contributed by atoms with Crippen LogP contribution in [0.15, 0.2) is 30.3 Å². The number of hydrogen-bond donors (Lipinski definition) is 2. The molecule has 0 amide bonds. The van der Waals surface area contributed by atoms with Crippen LogP contribution < -0.4 is 5.32 Å². The average molecular weight is 249 g/mol. The van der Waals surface area contributed by atoms with Gasteiger partial charge in [-0.15, -0.1) is 0 Å². The molecule has 18 heavy (non-hydrogen) atoms. The summed E-state index contributed by atoms with van der Waals surface area (Å²) in [6.45, 7) is 0.618. The van der Waals surface area contributed by atoms with Gasteiger partial charge in [-0.25, -0.2) is 0 Å². The van der Waals surface area contributed by atoms with Gasteiger partial charge in [0.15, 0.2) is 0 Å². The molecule has 1 aromatic carbocycles. The second kappa shape index (κ2) is 5.50. The van der Waals surface area contributed by atoms with E-state index in [0.29, 0.717) is 6.54 Å². The number of rotatable bonds is 6. The monoisotopic (exact) mass is 249 g/mol. The van der Waals surface area contributed by atoms with Crippen molar-refractivity contribution in [1.29, 1.82) is 0 Å². The fraction of sp³-hybridized carbons (Fsp3) is 0.500. The third-order valence-electron chi connectivity index (χ3n) is 3.53. The minimum atomic E-state index is -0.319. The maximum atomic E-state index is 11.8. The number of esters is 1. The lowest BCUT2D eigenvalue weighted by Crippen LogP contribution is -2.39. The van der Waals surface area contributed by atoms with Crippen LogP contribution in [0.3, 0.4) is 0 Å². The van der Waals surface area contributed by atoms with E-state index < -0.39 is 0 Å². The number of nitrogens with one attached hydrogen (secondary N) is 1. The maximum Gasteiger partial charge on any atom is 0.314 e. The smallest absolute Gasteiger partial charge is 0.314 e. The van der Waals surface area contributed by atoms with Gasteiger partial charge in [0.1, 0.15) is 0 Å². The molecule has 4 heteroatoms. The van der Waals surface area contributed by atoms with Gasteiger partial charge in [-0.3, -0.25) is 4.79 Å². The molecule has 1 atom stereocenters. The zero-order valence-corrected chi connectivity index (χ0v) is 10.6. The van der Waals surface area contributed by atoms with Crippen LogP contribution in [0, 0.1) is 0 Å². The predicted octanol–water partition coefficient (Wildman–Crippen LogP) is 1.06. The lowest BCUT2D eigenvalue weighted by atomic mass is 9.99. The predicted molar refractivity (Wildman–Crippen MR) is 68.3 cm³/mol. The second-order valence-corrected chi connectivity index (χ2v) is 4.81. The van der Waals surface area contributed by atoms with Crippen molar-refractivity contribution in [3.8, 4) is 0 Å². The molecule has 1 aliphatic rings. The number of benzene rings is 1. The summed E-state index contributed by atoms with van der Waals surface area (Å²) in [5.74, 6) is -0.567. The minimum Gasteiger partial charge on any atom is -0.469 e. The lowest BCUT2D eigenvalue weighted by molar-refractivity contribution is -0.142. The summed E-state index contributed by atoms with van der Waals surface area (Å²) < 4.78 is 4.84. The Hall–Kier alpha value is -1.39. The minimum absolute atomic E-state index is 0.121. The van der Waals surface area contributed by atoms with Gasteiger partial charge in [0.25, 0.3) is 0 Å². The Balaban J connectivity index is 2.04. The summed E-state index contributed by atoms with van der Waals surface area (Å²) >= 11 is 0. The third kappa shape index (κ3) is 2.89. The molecule has 2 N–H and O–H groups in total. The Labute approximate surface area is 107 Å². The second-order valence-electron chi connectivity index (χ2n) is 4.81. The Kier molecular flexibility index (Phi) is 3.99. The van der Waals surface area contributed by atoms with Crippen LogP contribution in [0.4, 0.5) is 0 Å². The summed E-state index contributed by atoms with van der Waals surface area (Å²) in [6, 6.07) is 9.57. The van der Waals surface area contributed by atoms with E-state index in [2.05, 4.69) is 5.32 Å². The Morgan fingerprint density at radius 3 is 2.61 bits per heavy atom. The van der Waals surface area contributed by atoms with E-state index >= 15 is 0 Å². The summed E-state index contributed by atoms with van der Waals surface area (Å²) in [6.07, 6.45) is 1.93. The van der Waals surface area contributed by atoms with Crippen molar-refractivity contribution >= 4 is 5.97 Å². The van der Waals surface area contributed by atoms with E-state index in [1.54, 1.807) is 0 Å². The number of ether oxygens (including phenoxy) is 1. The molecule has 4 nitrogen and oxygen atoms in total. The van der Waals surface area contributed by atoms with E-state index in [1.165, 1.54) is 7.11 Å². The molecule has 0 saturated heterocycles. The van der Waals surface area contributed by atoms with Gasteiger partial charge in [0.05, 0.1) is 19.6 Å². The quantitative estimate of drug-likeness (QED) is 0.740. The van der Waals surface area contributed by atoms with Crippen molar-refractivity contribution in [2.45, 2.75) is 24.3 Å². The molecule has 0 aromatic heterocycles. The first kappa shape index (κ1) is 13.1. The molecule has 0 heterocycles. The molecule has 1 aromatic rings. The van der Waals surface area contributed by atoms with Gasteiger partial charge in [-0.05, 0) is 18.4 Å². The molecule has 2 rings (SSSR count). The van der Waals surface area contributed by atoms with Crippen molar-refractivity contribution in [1.82, 2.24) is 5.32 Å². The van der Waals surface area contributed by atoms with Crippen molar-refractivity contribution < 1.29 is 14.6 Å². The van der Waals surface area contributed by atoms with Crippen molar-refractivity contribution in [3.05, 3.63) is 35.9 Å². The summed E-state index contributed by atoms with van der Waals surface area (Å²) in [7, 11) is 1.40. The van der Waals surface area contributed by atoms with Crippen LogP contribution in [0.2, 0.25) is 0 Å². The van der Waals surface area contributed by atoms with Crippen LogP contribution in [-0.4, -0.2) is 36.9 Å². The molecular weight excluding hydrogens is 230 g/mol. The van der Waals surface area contributed by atoms with E-state index in [1.807, 2.05) is 30.3 Å². The van der Waals surface area contributed by atoms with E-state index in [9.17, 15) is 9.90 Å². The highest BCUT2D eigenvalue weighted by Crippen LogP contribution is 2.35. The highest BCUT2D eigenvalue weighted by molar-refractivity contribution is 5.78. The first-order valence-corrected chi connectivity index (χ1v) is 6.19. The number of carbonyl (C=O) groups excluding carboxylic acids is 1. The molecule has 0 spiro atoms. The van der Waals surface area contributed by atoms with Crippen molar-refractivity contribution in [2.75, 3.05) is 20.3 Å². The molecule has 1 fully saturated rings. The normalized spacial score (nSPS) is 18.1.